The molecule has 0 aromatic carbocycles. The molecule has 0 spiro atoms. The summed E-state index contributed by atoms with van der Waals surface area (Å²) in [7, 11) is -1.72. The zero-order valence-electron chi connectivity index (χ0n) is 11.9. The average Bonchev–Trinajstić information content (AvgIpc) is 2.57. The Hall–Kier alpha value is 0.0969. The first-order valence-electron chi connectivity index (χ1n) is 6.61. The van der Waals surface area contributed by atoms with Gasteiger partial charge in [0.25, 0.3) is 0 Å². The van der Waals surface area contributed by atoms with Crippen molar-refractivity contribution in [3.05, 3.63) is 0 Å². The Balaban J connectivity index is 2.60. The SMILES string of the molecule is CC(C)(C)[Si](C)(C)OC1C[C@@H](CO)[C@@H](CO)C1. The fourth-order valence-corrected chi connectivity index (χ4v) is 3.67. The molecular weight excluding hydrogens is 232 g/mol. The van der Waals surface area contributed by atoms with E-state index < -0.39 is 8.32 Å². The molecule has 0 radical (unpaired) electrons. The Bertz CT molecular complexity index is 236. The molecule has 0 heterocycles. The number of aliphatic hydroxyl groups excluding tert-OH is 2. The molecule has 0 amide bonds. The van der Waals surface area contributed by atoms with Crippen LogP contribution in [0.25, 0.3) is 0 Å². The summed E-state index contributed by atoms with van der Waals surface area (Å²) in [6, 6.07) is 0. The lowest BCUT2D eigenvalue weighted by molar-refractivity contribution is 0.141. The highest BCUT2D eigenvalue weighted by atomic mass is 28.4. The summed E-state index contributed by atoms with van der Waals surface area (Å²) in [5.74, 6) is 0.435. The zero-order valence-corrected chi connectivity index (χ0v) is 12.9. The summed E-state index contributed by atoms with van der Waals surface area (Å²) in [5, 5.41) is 18.8. The highest BCUT2D eigenvalue weighted by Gasteiger charge is 2.42. The Kier molecular flexibility index (Phi) is 4.80. The topological polar surface area (TPSA) is 49.7 Å². The molecule has 0 aromatic rings. The lowest BCUT2D eigenvalue weighted by Gasteiger charge is -2.38. The van der Waals surface area contributed by atoms with Crippen LogP contribution in [0.5, 0.6) is 0 Å². The van der Waals surface area contributed by atoms with E-state index in [2.05, 4.69) is 33.9 Å². The molecule has 0 bridgehead atoms. The molecule has 17 heavy (non-hydrogen) atoms. The summed E-state index contributed by atoms with van der Waals surface area (Å²) < 4.78 is 6.34. The van der Waals surface area contributed by atoms with Gasteiger partial charge in [0.15, 0.2) is 8.32 Å². The molecule has 3 atom stereocenters. The molecule has 0 aromatic heterocycles. The van der Waals surface area contributed by atoms with E-state index >= 15 is 0 Å². The van der Waals surface area contributed by atoms with Crippen LogP contribution in [0, 0.1) is 11.8 Å². The van der Waals surface area contributed by atoms with Gasteiger partial charge >= 0.3 is 0 Å². The predicted molar refractivity (Wildman–Crippen MR) is 72.5 cm³/mol. The largest absolute Gasteiger partial charge is 0.414 e. The van der Waals surface area contributed by atoms with Gasteiger partial charge < -0.3 is 14.6 Å². The molecule has 4 heteroatoms. The first-order valence-corrected chi connectivity index (χ1v) is 9.51. The molecular formula is C13H28O3Si. The third kappa shape index (κ3) is 3.53. The van der Waals surface area contributed by atoms with Gasteiger partial charge in [0.2, 0.25) is 0 Å². The molecule has 1 rings (SSSR count). The Morgan fingerprint density at radius 1 is 1.06 bits per heavy atom. The minimum absolute atomic E-state index is 0.169. The van der Waals surface area contributed by atoms with Crippen molar-refractivity contribution >= 4 is 8.32 Å². The van der Waals surface area contributed by atoms with E-state index in [0.29, 0.717) is 0 Å². The normalized spacial score (nSPS) is 30.9. The second-order valence-corrected chi connectivity index (χ2v) is 11.6. The molecule has 102 valence electrons. The maximum absolute atomic E-state index is 9.29. The third-order valence-electron chi connectivity index (χ3n) is 4.53. The molecule has 2 N–H and O–H groups in total. The van der Waals surface area contributed by atoms with Crippen LogP contribution in [-0.2, 0) is 4.43 Å². The first kappa shape index (κ1) is 15.2. The molecule has 0 aliphatic heterocycles. The predicted octanol–water partition coefficient (Wildman–Crippen LogP) is 2.39. The molecule has 1 aliphatic carbocycles. The van der Waals surface area contributed by atoms with Crippen molar-refractivity contribution in [2.45, 2.75) is 57.8 Å². The van der Waals surface area contributed by atoms with Gasteiger partial charge in [-0.2, -0.15) is 0 Å². The molecule has 1 unspecified atom stereocenters. The van der Waals surface area contributed by atoms with E-state index in [1.807, 2.05) is 0 Å². The second-order valence-electron chi connectivity index (χ2n) is 6.86. The molecule has 3 nitrogen and oxygen atoms in total. The van der Waals surface area contributed by atoms with E-state index in [1.54, 1.807) is 0 Å². The lowest BCUT2D eigenvalue weighted by atomic mass is 9.98. The number of hydrogen-bond acceptors (Lipinski definition) is 3. The van der Waals surface area contributed by atoms with Gasteiger partial charge in [0.05, 0.1) is 0 Å². The Morgan fingerprint density at radius 2 is 1.47 bits per heavy atom. The van der Waals surface area contributed by atoms with Crippen LogP contribution in [0.3, 0.4) is 0 Å². The number of hydrogen-bond donors (Lipinski definition) is 2. The van der Waals surface area contributed by atoms with Crippen LogP contribution in [-0.4, -0.2) is 37.8 Å². The average molecular weight is 260 g/mol. The number of rotatable bonds is 4. The van der Waals surface area contributed by atoms with Gasteiger partial charge in [-0.15, -0.1) is 0 Å². The minimum Gasteiger partial charge on any atom is -0.414 e. The van der Waals surface area contributed by atoms with Gasteiger partial charge in [0.1, 0.15) is 0 Å². The van der Waals surface area contributed by atoms with Crippen LogP contribution in [0.4, 0.5) is 0 Å². The van der Waals surface area contributed by atoms with Crippen molar-refractivity contribution in [1.29, 1.82) is 0 Å². The van der Waals surface area contributed by atoms with Crippen molar-refractivity contribution in [2.24, 2.45) is 11.8 Å². The van der Waals surface area contributed by atoms with Crippen molar-refractivity contribution in [3.8, 4) is 0 Å². The molecule has 1 saturated carbocycles. The third-order valence-corrected chi connectivity index (χ3v) is 9.07. The quantitative estimate of drug-likeness (QED) is 0.763. The van der Waals surface area contributed by atoms with Crippen molar-refractivity contribution in [1.82, 2.24) is 0 Å². The summed E-state index contributed by atoms with van der Waals surface area (Å²) in [6.45, 7) is 11.6. The number of aliphatic hydroxyl groups is 2. The Morgan fingerprint density at radius 3 is 1.76 bits per heavy atom. The fourth-order valence-electron chi connectivity index (χ4n) is 2.29. The molecule has 1 fully saturated rings. The minimum atomic E-state index is -1.72. The van der Waals surface area contributed by atoms with E-state index in [0.717, 1.165) is 12.8 Å². The van der Waals surface area contributed by atoms with Crippen LogP contribution in [0.15, 0.2) is 0 Å². The van der Waals surface area contributed by atoms with Crippen molar-refractivity contribution in [3.63, 3.8) is 0 Å². The fraction of sp³-hybridized carbons (Fsp3) is 1.00. The van der Waals surface area contributed by atoms with Gasteiger partial charge in [-0.05, 0) is 42.8 Å². The van der Waals surface area contributed by atoms with Gasteiger partial charge in [-0.25, -0.2) is 0 Å². The van der Waals surface area contributed by atoms with Crippen molar-refractivity contribution in [2.75, 3.05) is 13.2 Å². The van der Waals surface area contributed by atoms with Gasteiger partial charge in [0, 0.05) is 19.3 Å². The molecule has 1 aliphatic rings. The lowest BCUT2D eigenvalue weighted by Crippen LogP contribution is -2.43. The highest BCUT2D eigenvalue weighted by Crippen LogP contribution is 2.41. The zero-order chi connectivity index (χ0) is 13.3. The van der Waals surface area contributed by atoms with E-state index in [1.165, 1.54) is 0 Å². The van der Waals surface area contributed by atoms with Crippen LogP contribution in [0.2, 0.25) is 18.1 Å². The van der Waals surface area contributed by atoms with Gasteiger partial charge in [-0.3, -0.25) is 0 Å². The highest BCUT2D eigenvalue weighted by molar-refractivity contribution is 6.74. The first-order chi connectivity index (χ1) is 7.71. The Labute approximate surface area is 106 Å². The summed E-state index contributed by atoms with van der Waals surface area (Å²) in [5.41, 5.74) is 0. The molecule has 0 saturated heterocycles. The van der Waals surface area contributed by atoms with E-state index in [4.69, 9.17) is 4.43 Å². The smallest absolute Gasteiger partial charge is 0.192 e. The van der Waals surface area contributed by atoms with Gasteiger partial charge in [-0.1, -0.05) is 20.8 Å². The summed E-state index contributed by atoms with van der Waals surface area (Å²) in [6.07, 6.45) is 2.02. The monoisotopic (exact) mass is 260 g/mol. The maximum Gasteiger partial charge on any atom is 0.192 e. The van der Waals surface area contributed by atoms with Crippen molar-refractivity contribution < 1.29 is 14.6 Å². The summed E-state index contributed by atoms with van der Waals surface area (Å²) >= 11 is 0. The second kappa shape index (κ2) is 5.39. The van der Waals surface area contributed by atoms with Crippen LogP contribution < -0.4 is 0 Å². The van der Waals surface area contributed by atoms with E-state index in [-0.39, 0.29) is 36.2 Å². The summed E-state index contributed by atoms with van der Waals surface area (Å²) in [4.78, 5) is 0. The maximum atomic E-state index is 9.29. The van der Waals surface area contributed by atoms with Crippen LogP contribution >= 0.6 is 0 Å². The van der Waals surface area contributed by atoms with E-state index in [9.17, 15) is 10.2 Å². The van der Waals surface area contributed by atoms with Crippen LogP contribution in [0.1, 0.15) is 33.6 Å². The standard InChI is InChI=1S/C13H28O3Si/c1-13(2,3)17(4,5)16-12-6-10(8-14)11(7-12)9-15/h10-12,14-15H,6-9H2,1-5H3/t10-,11+,12?.